The fourth-order valence-corrected chi connectivity index (χ4v) is 3.12. The Morgan fingerprint density at radius 2 is 2.05 bits per heavy atom. The Labute approximate surface area is 116 Å². The van der Waals surface area contributed by atoms with Crippen LogP contribution in [0, 0.1) is 11.8 Å². The predicted octanol–water partition coefficient (Wildman–Crippen LogP) is 2.40. The van der Waals surface area contributed by atoms with Crippen LogP contribution in [-0.4, -0.2) is 36.2 Å². The van der Waals surface area contributed by atoms with Crippen LogP contribution in [0.25, 0.3) is 0 Å². The first-order valence-corrected chi connectivity index (χ1v) is 7.70. The van der Waals surface area contributed by atoms with Gasteiger partial charge in [0.15, 0.2) is 0 Å². The van der Waals surface area contributed by atoms with E-state index in [0.717, 1.165) is 18.9 Å². The Bertz CT molecular complexity index is 332. The molecule has 108 valence electrons. The van der Waals surface area contributed by atoms with Crippen molar-refractivity contribution in [3.63, 3.8) is 0 Å². The number of hydrogen-bond acceptors (Lipinski definition) is 3. The molecule has 4 nitrogen and oxygen atoms in total. The van der Waals surface area contributed by atoms with E-state index in [-0.39, 0.29) is 5.91 Å². The van der Waals surface area contributed by atoms with Gasteiger partial charge in [0.25, 0.3) is 0 Å². The van der Waals surface area contributed by atoms with Gasteiger partial charge in [0, 0.05) is 25.1 Å². The molecule has 1 N–H and O–H groups in total. The number of piperidine rings is 1. The molecule has 2 aliphatic rings. The van der Waals surface area contributed by atoms with Gasteiger partial charge in [0.05, 0.1) is 0 Å². The quantitative estimate of drug-likeness (QED) is 0.796. The van der Waals surface area contributed by atoms with E-state index in [1.807, 2.05) is 0 Å². The molecule has 0 aromatic rings. The van der Waals surface area contributed by atoms with Gasteiger partial charge < -0.3 is 4.90 Å². The Balaban J connectivity index is 1.88. The fraction of sp³-hybridized carbons (Fsp3) is 0.867. The number of rotatable bonds is 3. The standard InChI is InChI=1S/C15H27N3O/c1-12-7-9-18(10-8-12)11-14-5-3-4-6-15(14)17-16-13(2)19/h12,14H,3-11H2,1-2H3,(H,16,19)/b17-15-/t14-/m0/s1. The maximum atomic E-state index is 11.0. The SMILES string of the molecule is CC(=O)N/N=C1/CCCC[C@H]1CN1CCC(C)CC1. The lowest BCUT2D eigenvalue weighted by Gasteiger charge is -2.34. The molecule has 1 amide bonds. The van der Waals surface area contributed by atoms with Crippen LogP contribution >= 0.6 is 0 Å². The molecular formula is C15H27N3O. The van der Waals surface area contributed by atoms with Crippen LogP contribution in [0.3, 0.4) is 0 Å². The number of nitrogens with zero attached hydrogens (tertiary/aromatic N) is 2. The minimum atomic E-state index is -0.0661. The first-order valence-electron chi connectivity index (χ1n) is 7.70. The summed E-state index contributed by atoms with van der Waals surface area (Å²) in [6.45, 7) is 7.46. The average Bonchev–Trinajstić information content (AvgIpc) is 2.40. The highest BCUT2D eigenvalue weighted by atomic mass is 16.2. The summed E-state index contributed by atoms with van der Waals surface area (Å²) in [5.74, 6) is 1.37. The highest BCUT2D eigenvalue weighted by Crippen LogP contribution is 2.25. The Kier molecular flexibility index (Phi) is 5.37. The Morgan fingerprint density at radius 1 is 1.32 bits per heavy atom. The van der Waals surface area contributed by atoms with Crippen LogP contribution in [0.4, 0.5) is 0 Å². The zero-order chi connectivity index (χ0) is 13.7. The first-order chi connectivity index (χ1) is 9.15. The molecule has 4 heteroatoms. The number of likely N-dealkylation sites (tertiary alicyclic amines) is 1. The van der Waals surface area contributed by atoms with Crippen molar-refractivity contribution in [2.75, 3.05) is 19.6 Å². The third-order valence-corrected chi connectivity index (χ3v) is 4.42. The molecule has 0 aromatic heterocycles. The van der Waals surface area contributed by atoms with E-state index in [1.54, 1.807) is 0 Å². The van der Waals surface area contributed by atoms with Gasteiger partial charge in [-0.3, -0.25) is 4.79 Å². The van der Waals surface area contributed by atoms with Crippen LogP contribution in [0.2, 0.25) is 0 Å². The molecule has 0 spiro atoms. The normalized spacial score (nSPS) is 28.5. The monoisotopic (exact) mass is 265 g/mol. The smallest absolute Gasteiger partial charge is 0.236 e. The molecule has 19 heavy (non-hydrogen) atoms. The van der Waals surface area contributed by atoms with Crippen LogP contribution in [0.1, 0.15) is 52.4 Å². The summed E-state index contributed by atoms with van der Waals surface area (Å²) in [5, 5.41) is 4.34. The molecule has 1 atom stereocenters. The molecule has 0 radical (unpaired) electrons. The van der Waals surface area contributed by atoms with Crippen LogP contribution in [-0.2, 0) is 4.79 Å². The molecule has 1 heterocycles. The summed E-state index contributed by atoms with van der Waals surface area (Å²) in [7, 11) is 0. The van der Waals surface area contributed by atoms with E-state index < -0.39 is 0 Å². The Morgan fingerprint density at radius 3 is 2.74 bits per heavy atom. The van der Waals surface area contributed by atoms with Crippen molar-refractivity contribution >= 4 is 11.6 Å². The largest absolute Gasteiger partial charge is 0.303 e. The second-order valence-electron chi connectivity index (χ2n) is 6.20. The lowest BCUT2D eigenvalue weighted by Crippen LogP contribution is -2.40. The second kappa shape index (κ2) is 7.04. The van der Waals surface area contributed by atoms with E-state index >= 15 is 0 Å². The number of amides is 1. The van der Waals surface area contributed by atoms with E-state index in [9.17, 15) is 4.79 Å². The highest BCUT2D eigenvalue weighted by molar-refractivity contribution is 5.88. The molecular weight excluding hydrogens is 238 g/mol. The van der Waals surface area contributed by atoms with E-state index in [1.165, 1.54) is 57.8 Å². The maximum Gasteiger partial charge on any atom is 0.236 e. The van der Waals surface area contributed by atoms with E-state index in [4.69, 9.17) is 0 Å². The third kappa shape index (κ3) is 4.60. The number of carbonyl (C=O) groups is 1. The zero-order valence-corrected chi connectivity index (χ0v) is 12.3. The molecule has 2 fully saturated rings. The summed E-state index contributed by atoms with van der Waals surface area (Å²) in [5.41, 5.74) is 3.83. The minimum Gasteiger partial charge on any atom is -0.303 e. The maximum absolute atomic E-state index is 11.0. The van der Waals surface area contributed by atoms with Gasteiger partial charge in [0.2, 0.25) is 5.91 Å². The summed E-state index contributed by atoms with van der Waals surface area (Å²) in [6, 6.07) is 0. The van der Waals surface area contributed by atoms with Crippen LogP contribution in [0.15, 0.2) is 5.10 Å². The fourth-order valence-electron chi connectivity index (χ4n) is 3.12. The Hall–Kier alpha value is -0.900. The molecule has 0 bridgehead atoms. The number of nitrogens with one attached hydrogen (secondary N) is 1. The summed E-state index contributed by atoms with van der Waals surface area (Å²) in [6.07, 6.45) is 7.44. The van der Waals surface area contributed by atoms with Crippen molar-refractivity contribution < 1.29 is 4.79 Å². The van der Waals surface area contributed by atoms with E-state index in [0.29, 0.717) is 5.92 Å². The first kappa shape index (κ1) is 14.5. The van der Waals surface area contributed by atoms with Crippen LogP contribution < -0.4 is 5.43 Å². The molecule has 1 saturated heterocycles. The third-order valence-electron chi connectivity index (χ3n) is 4.42. The predicted molar refractivity (Wildman–Crippen MR) is 78.0 cm³/mol. The lowest BCUT2D eigenvalue weighted by atomic mass is 9.86. The minimum absolute atomic E-state index is 0.0661. The van der Waals surface area contributed by atoms with Crippen molar-refractivity contribution in [1.82, 2.24) is 10.3 Å². The number of hydrogen-bond donors (Lipinski definition) is 1. The average molecular weight is 265 g/mol. The highest BCUT2D eigenvalue weighted by Gasteiger charge is 2.25. The lowest BCUT2D eigenvalue weighted by molar-refractivity contribution is -0.118. The molecule has 1 aliphatic heterocycles. The van der Waals surface area contributed by atoms with Crippen molar-refractivity contribution in [2.24, 2.45) is 16.9 Å². The molecule has 1 aliphatic carbocycles. The molecule has 1 saturated carbocycles. The van der Waals surface area contributed by atoms with Crippen molar-refractivity contribution in [3.8, 4) is 0 Å². The molecule has 0 aromatic carbocycles. The van der Waals surface area contributed by atoms with Crippen LogP contribution in [0.5, 0.6) is 0 Å². The summed E-state index contributed by atoms with van der Waals surface area (Å²) in [4.78, 5) is 13.6. The summed E-state index contributed by atoms with van der Waals surface area (Å²) < 4.78 is 0. The zero-order valence-electron chi connectivity index (χ0n) is 12.3. The van der Waals surface area contributed by atoms with Gasteiger partial charge in [-0.25, -0.2) is 5.43 Å². The van der Waals surface area contributed by atoms with Gasteiger partial charge in [-0.1, -0.05) is 13.3 Å². The van der Waals surface area contributed by atoms with Crippen molar-refractivity contribution in [3.05, 3.63) is 0 Å². The van der Waals surface area contributed by atoms with Gasteiger partial charge >= 0.3 is 0 Å². The van der Waals surface area contributed by atoms with E-state index in [2.05, 4.69) is 22.4 Å². The topological polar surface area (TPSA) is 44.7 Å². The molecule has 0 unspecified atom stereocenters. The van der Waals surface area contributed by atoms with Gasteiger partial charge in [-0.2, -0.15) is 5.10 Å². The van der Waals surface area contributed by atoms with Crippen molar-refractivity contribution in [1.29, 1.82) is 0 Å². The summed E-state index contributed by atoms with van der Waals surface area (Å²) >= 11 is 0. The van der Waals surface area contributed by atoms with Gasteiger partial charge in [0.1, 0.15) is 0 Å². The molecule has 2 rings (SSSR count). The van der Waals surface area contributed by atoms with Crippen molar-refractivity contribution in [2.45, 2.75) is 52.4 Å². The number of hydrazone groups is 1. The number of carbonyl (C=O) groups excluding carboxylic acids is 1. The second-order valence-corrected chi connectivity index (χ2v) is 6.20. The van der Waals surface area contributed by atoms with Gasteiger partial charge in [-0.05, 0) is 51.1 Å². The van der Waals surface area contributed by atoms with Gasteiger partial charge in [-0.15, -0.1) is 0 Å².